The van der Waals surface area contributed by atoms with Crippen molar-refractivity contribution in [1.82, 2.24) is 20.2 Å². The van der Waals surface area contributed by atoms with Gasteiger partial charge < -0.3 is 15.2 Å². The van der Waals surface area contributed by atoms with E-state index >= 15 is 0 Å². The predicted molar refractivity (Wildman–Crippen MR) is 68.4 cm³/mol. The van der Waals surface area contributed by atoms with E-state index in [2.05, 4.69) is 38.5 Å². The molecule has 3 N–H and O–H groups in total. The molecule has 17 heavy (non-hydrogen) atoms. The van der Waals surface area contributed by atoms with E-state index in [0.717, 1.165) is 13.0 Å². The average Bonchev–Trinajstić information content (AvgIpc) is 2.88. The van der Waals surface area contributed by atoms with Crippen LogP contribution in [0.4, 0.5) is 11.9 Å². The van der Waals surface area contributed by atoms with E-state index in [1.165, 1.54) is 11.3 Å². The number of nitrogens with zero attached hydrogens (tertiary/aromatic N) is 3. The number of rotatable bonds is 5. The minimum absolute atomic E-state index is 0.685. The summed E-state index contributed by atoms with van der Waals surface area (Å²) in [5, 5.41) is 10.1. The van der Waals surface area contributed by atoms with Crippen molar-refractivity contribution >= 4 is 11.9 Å². The average molecular weight is 234 g/mol. The summed E-state index contributed by atoms with van der Waals surface area (Å²) in [5.74, 6) is 1.39. The van der Waals surface area contributed by atoms with Crippen molar-refractivity contribution in [2.24, 2.45) is 0 Å². The van der Waals surface area contributed by atoms with Gasteiger partial charge in [0.15, 0.2) is 0 Å². The molecule has 0 unspecified atom stereocenters. The first kappa shape index (κ1) is 11.5. The molecule has 2 aromatic heterocycles. The van der Waals surface area contributed by atoms with Crippen LogP contribution in [0.25, 0.3) is 0 Å². The lowest BCUT2D eigenvalue weighted by Gasteiger charge is -2.04. The first-order chi connectivity index (χ1) is 8.15. The molecule has 0 saturated carbocycles. The fraction of sp³-hybridized carbons (Fsp3) is 0.455. The van der Waals surface area contributed by atoms with E-state index in [4.69, 9.17) is 0 Å². The zero-order chi connectivity index (χ0) is 12.3. The molecule has 2 aromatic rings. The SMILES string of the molecule is Cc1cc(CCNc2nc(N(C)C)n[nH]2)c[nH]1. The number of aromatic amines is 2. The highest BCUT2D eigenvalue weighted by molar-refractivity contribution is 5.34. The van der Waals surface area contributed by atoms with Crippen molar-refractivity contribution in [3.8, 4) is 0 Å². The maximum absolute atomic E-state index is 4.29. The summed E-state index contributed by atoms with van der Waals surface area (Å²) in [6.07, 6.45) is 2.99. The number of hydrogen-bond donors (Lipinski definition) is 3. The number of anilines is 2. The van der Waals surface area contributed by atoms with Crippen molar-refractivity contribution in [2.45, 2.75) is 13.3 Å². The van der Waals surface area contributed by atoms with Crippen LogP contribution in [0.1, 0.15) is 11.3 Å². The lowest BCUT2D eigenvalue weighted by atomic mass is 10.2. The fourth-order valence-electron chi connectivity index (χ4n) is 1.57. The van der Waals surface area contributed by atoms with Crippen molar-refractivity contribution in [3.63, 3.8) is 0 Å². The van der Waals surface area contributed by atoms with Crippen LogP contribution in [0.5, 0.6) is 0 Å². The summed E-state index contributed by atoms with van der Waals surface area (Å²) >= 11 is 0. The van der Waals surface area contributed by atoms with Gasteiger partial charge in [0.1, 0.15) is 0 Å². The first-order valence-corrected chi connectivity index (χ1v) is 5.62. The molecule has 0 aromatic carbocycles. The highest BCUT2D eigenvalue weighted by Gasteiger charge is 2.03. The Bertz CT molecular complexity index is 470. The van der Waals surface area contributed by atoms with Gasteiger partial charge in [0, 0.05) is 32.5 Å². The third-order valence-electron chi connectivity index (χ3n) is 2.47. The summed E-state index contributed by atoms with van der Waals surface area (Å²) < 4.78 is 0. The smallest absolute Gasteiger partial charge is 0.245 e. The van der Waals surface area contributed by atoms with Crippen molar-refractivity contribution in [2.75, 3.05) is 30.9 Å². The van der Waals surface area contributed by atoms with Crippen LogP contribution in [0, 0.1) is 6.92 Å². The van der Waals surface area contributed by atoms with Gasteiger partial charge in [-0.1, -0.05) is 0 Å². The highest BCUT2D eigenvalue weighted by Crippen LogP contribution is 2.07. The summed E-state index contributed by atoms with van der Waals surface area (Å²) in [5.41, 5.74) is 2.48. The fourth-order valence-corrected chi connectivity index (χ4v) is 1.57. The third kappa shape index (κ3) is 2.99. The monoisotopic (exact) mass is 234 g/mol. The van der Waals surface area contributed by atoms with Crippen LogP contribution in [0.3, 0.4) is 0 Å². The Labute approximate surface area is 100 Å². The molecule has 0 spiro atoms. The van der Waals surface area contributed by atoms with Crippen LogP contribution < -0.4 is 10.2 Å². The van der Waals surface area contributed by atoms with Crippen molar-refractivity contribution in [3.05, 3.63) is 23.5 Å². The van der Waals surface area contributed by atoms with Gasteiger partial charge in [0.05, 0.1) is 0 Å². The molecule has 2 heterocycles. The van der Waals surface area contributed by atoms with Crippen molar-refractivity contribution < 1.29 is 0 Å². The molecule has 0 fully saturated rings. The van der Waals surface area contributed by atoms with Gasteiger partial charge in [-0.15, -0.1) is 5.10 Å². The van der Waals surface area contributed by atoms with Crippen LogP contribution in [0.2, 0.25) is 0 Å². The second-order valence-corrected chi connectivity index (χ2v) is 4.25. The van der Waals surface area contributed by atoms with Gasteiger partial charge in [0.2, 0.25) is 11.9 Å². The first-order valence-electron chi connectivity index (χ1n) is 5.62. The molecular weight excluding hydrogens is 216 g/mol. The molecule has 0 amide bonds. The molecule has 0 aliphatic rings. The molecular formula is C11H18N6. The van der Waals surface area contributed by atoms with E-state index in [1.807, 2.05) is 25.2 Å². The number of hydrogen-bond acceptors (Lipinski definition) is 4. The normalized spacial score (nSPS) is 10.5. The number of aryl methyl sites for hydroxylation is 1. The molecule has 6 heteroatoms. The summed E-state index contributed by atoms with van der Waals surface area (Å²) in [6.45, 7) is 2.89. The predicted octanol–water partition coefficient (Wildman–Crippen LogP) is 1.16. The Morgan fingerprint density at radius 1 is 1.41 bits per heavy atom. The molecule has 0 bridgehead atoms. The maximum atomic E-state index is 4.29. The molecule has 0 radical (unpaired) electrons. The van der Waals surface area contributed by atoms with E-state index < -0.39 is 0 Å². The van der Waals surface area contributed by atoms with Crippen LogP contribution in [0.15, 0.2) is 12.3 Å². The van der Waals surface area contributed by atoms with Crippen LogP contribution in [-0.2, 0) is 6.42 Å². The molecule has 0 atom stereocenters. The maximum Gasteiger partial charge on any atom is 0.245 e. The number of nitrogens with one attached hydrogen (secondary N) is 3. The molecule has 2 rings (SSSR count). The summed E-state index contributed by atoms with van der Waals surface area (Å²) in [4.78, 5) is 9.31. The van der Waals surface area contributed by atoms with Gasteiger partial charge in [0.25, 0.3) is 0 Å². The second-order valence-electron chi connectivity index (χ2n) is 4.25. The molecule has 6 nitrogen and oxygen atoms in total. The van der Waals surface area contributed by atoms with E-state index in [1.54, 1.807) is 0 Å². The van der Waals surface area contributed by atoms with E-state index in [-0.39, 0.29) is 0 Å². The minimum Gasteiger partial charge on any atom is -0.365 e. The third-order valence-corrected chi connectivity index (χ3v) is 2.47. The Hall–Kier alpha value is -1.98. The quantitative estimate of drug-likeness (QED) is 0.726. The van der Waals surface area contributed by atoms with Crippen LogP contribution in [-0.4, -0.2) is 40.8 Å². The zero-order valence-corrected chi connectivity index (χ0v) is 10.4. The minimum atomic E-state index is 0.685. The van der Waals surface area contributed by atoms with Crippen LogP contribution >= 0.6 is 0 Å². The van der Waals surface area contributed by atoms with E-state index in [0.29, 0.717) is 11.9 Å². The molecule has 0 saturated heterocycles. The Kier molecular flexibility index (Phi) is 3.32. The molecule has 0 aliphatic carbocycles. The topological polar surface area (TPSA) is 72.6 Å². The van der Waals surface area contributed by atoms with Gasteiger partial charge in [-0.25, -0.2) is 5.10 Å². The largest absolute Gasteiger partial charge is 0.365 e. The lowest BCUT2D eigenvalue weighted by molar-refractivity contribution is 0.981. The summed E-state index contributed by atoms with van der Waals surface area (Å²) in [7, 11) is 3.82. The van der Waals surface area contributed by atoms with Gasteiger partial charge in [-0.05, 0) is 25.0 Å². The van der Waals surface area contributed by atoms with Gasteiger partial charge in [-0.3, -0.25) is 0 Å². The number of H-pyrrole nitrogens is 2. The molecule has 92 valence electrons. The van der Waals surface area contributed by atoms with Gasteiger partial charge >= 0.3 is 0 Å². The Balaban J connectivity index is 1.81. The summed E-state index contributed by atoms with van der Waals surface area (Å²) in [6, 6.07) is 2.15. The number of aromatic nitrogens is 4. The van der Waals surface area contributed by atoms with Gasteiger partial charge in [-0.2, -0.15) is 4.98 Å². The Morgan fingerprint density at radius 2 is 2.24 bits per heavy atom. The zero-order valence-electron chi connectivity index (χ0n) is 10.4. The second kappa shape index (κ2) is 4.90. The van der Waals surface area contributed by atoms with Crippen molar-refractivity contribution in [1.29, 1.82) is 0 Å². The Morgan fingerprint density at radius 3 is 2.82 bits per heavy atom. The van der Waals surface area contributed by atoms with E-state index in [9.17, 15) is 0 Å². The molecule has 0 aliphatic heterocycles. The lowest BCUT2D eigenvalue weighted by Crippen LogP contribution is -2.10. The standard InChI is InChI=1S/C11H18N6/c1-8-6-9(7-13-8)4-5-12-10-14-11(16-15-10)17(2)3/h6-7,13H,4-5H2,1-3H3,(H2,12,14,15,16). The highest BCUT2D eigenvalue weighted by atomic mass is 15.4.